The molecule has 0 heterocycles. The van der Waals surface area contributed by atoms with E-state index in [1.807, 2.05) is 154 Å². The summed E-state index contributed by atoms with van der Waals surface area (Å²) in [6, 6.07) is 53.0. The van der Waals surface area contributed by atoms with Gasteiger partial charge >= 0.3 is 0 Å². The number of nitrogens with one attached hydrogen (secondary N) is 4. The Kier molecular flexibility index (Phi) is 14.1. The fourth-order valence-electron chi connectivity index (χ4n) is 7.70. The van der Waals surface area contributed by atoms with E-state index in [0.717, 1.165) is 38.9 Å². The number of aromatic hydroxyl groups is 1. The summed E-state index contributed by atoms with van der Waals surface area (Å²) in [6.45, 7) is 6.17. The van der Waals surface area contributed by atoms with Crippen molar-refractivity contribution in [2.45, 2.75) is 67.8 Å². The average molecular weight is 865 g/mol. The highest BCUT2D eigenvalue weighted by Crippen LogP contribution is 2.35. The lowest BCUT2D eigenvalue weighted by Gasteiger charge is -2.31. The number of phenolic OH excluding ortho intramolecular Hbond substituents is 1. The number of phenols is 1. The van der Waals surface area contributed by atoms with E-state index in [1.165, 1.54) is 0 Å². The van der Waals surface area contributed by atoms with Crippen molar-refractivity contribution in [1.82, 2.24) is 20.1 Å². The minimum atomic E-state index is -3.97. The van der Waals surface area contributed by atoms with Gasteiger partial charge in [-0.1, -0.05) is 174 Å². The van der Waals surface area contributed by atoms with E-state index < -0.39 is 44.2 Å². The van der Waals surface area contributed by atoms with Crippen molar-refractivity contribution in [2.24, 2.45) is 0 Å². The molecule has 0 fully saturated rings. The Labute approximate surface area is 366 Å². The minimum Gasteiger partial charge on any atom is -0.507 e. The van der Waals surface area contributed by atoms with Gasteiger partial charge in [0, 0.05) is 24.2 Å². The van der Waals surface area contributed by atoms with Gasteiger partial charge in [-0.15, -0.1) is 0 Å². The van der Waals surface area contributed by atoms with Crippen LogP contribution in [-0.2, 0) is 33.1 Å². The van der Waals surface area contributed by atoms with Crippen LogP contribution in [0.1, 0.15) is 74.2 Å². The highest BCUT2D eigenvalue weighted by Gasteiger charge is 2.32. The monoisotopic (exact) mass is 864 g/mol. The predicted molar refractivity (Wildman–Crippen MR) is 246 cm³/mol. The molecule has 7 aromatic carbocycles. The zero-order valence-corrected chi connectivity index (χ0v) is 36.6. The van der Waals surface area contributed by atoms with E-state index in [2.05, 4.69) is 20.1 Å². The molecule has 0 spiro atoms. The van der Waals surface area contributed by atoms with Crippen LogP contribution in [0.3, 0.4) is 0 Å². The molecule has 4 atom stereocenters. The SMILES string of the molecule is Cc1ccc(S(=O)(=O)N[C@H](c2ccccc2)[C@H](NCc2cc(C)cc(CN[C@H](c3ccccc3)[C@H](NS(=O)(=O)c3ccc(C)cc3)c3ccccc3)c2O)c2ccccc2)cc1. The molecule has 0 aliphatic carbocycles. The van der Waals surface area contributed by atoms with Crippen molar-refractivity contribution in [3.05, 3.63) is 232 Å². The van der Waals surface area contributed by atoms with Gasteiger partial charge in [-0.25, -0.2) is 26.3 Å². The van der Waals surface area contributed by atoms with Crippen LogP contribution in [0.5, 0.6) is 5.75 Å². The maximum absolute atomic E-state index is 14.0. The van der Waals surface area contributed by atoms with E-state index in [1.54, 1.807) is 48.5 Å². The Morgan fingerprint density at radius 2 is 0.694 bits per heavy atom. The molecule has 0 saturated heterocycles. The maximum Gasteiger partial charge on any atom is 0.241 e. The zero-order chi connectivity index (χ0) is 43.7. The fourth-order valence-corrected chi connectivity index (χ4v) is 10.2. The van der Waals surface area contributed by atoms with Crippen LogP contribution in [0, 0.1) is 20.8 Å². The Bertz CT molecular complexity index is 2570. The summed E-state index contributed by atoms with van der Waals surface area (Å²) in [5.74, 6) is 0.0715. The van der Waals surface area contributed by atoms with Crippen molar-refractivity contribution in [2.75, 3.05) is 0 Å². The minimum absolute atomic E-state index is 0.0715. The molecule has 9 nitrogen and oxygen atoms in total. The first-order chi connectivity index (χ1) is 29.9. The molecule has 7 rings (SSSR count). The van der Waals surface area contributed by atoms with Crippen LogP contribution in [0.2, 0.25) is 0 Å². The second-order valence-electron chi connectivity index (χ2n) is 15.6. The van der Waals surface area contributed by atoms with Crippen LogP contribution in [0.25, 0.3) is 0 Å². The summed E-state index contributed by atoms with van der Waals surface area (Å²) < 4.78 is 62.0. The quantitative estimate of drug-likeness (QED) is 0.0580. The summed E-state index contributed by atoms with van der Waals surface area (Å²) in [4.78, 5) is 0.325. The zero-order valence-electron chi connectivity index (χ0n) is 34.9. The van der Waals surface area contributed by atoms with Gasteiger partial charge < -0.3 is 15.7 Å². The predicted octanol–water partition coefficient (Wildman–Crippen LogP) is 9.42. The third-order valence-corrected chi connectivity index (χ3v) is 13.9. The Hall–Kier alpha value is -5.92. The van der Waals surface area contributed by atoms with Crippen molar-refractivity contribution in [3.63, 3.8) is 0 Å². The molecular formula is C51H52N4O5S2. The van der Waals surface area contributed by atoms with E-state index in [4.69, 9.17) is 0 Å². The van der Waals surface area contributed by atoms with Gasteiger partial charge in [-0.05, 0) is 67.3 Å². The average Bonchev–Trinajstić information content (AvgIpc) is 3.28. The first-order valence-electron chi connectivity index (χ1n) is 20.5. The molecule has 0 aliphatic rings. The second-order valence-corrected chi connectivity index (χ2v) is 19.0. The van der Waals surface area contributed by atoms with Crippen LogP contribution in [0.4, 0.5) is 0 Å². The van der Waals surface area contributed by atoms with Crippen LogP contribution in [-0.4, -0.2) is 21.9 Å². The third kappa shape index (κ3) is 10.9. The molecular weight excluding hydrogens is 813 g/mol. The van der Waals surface area contributed by atoms with Crippen LogP contribution >= 0.6 is 0 Å². The van der Waals surface area contributed by atoms with Crippen molar-refractivity contribution < 1.29 is 21.9 Å². The molecule has 0 bridgehead atoms. The number of hydrogen-bond acceptors (Lipinski definition) is 7. The van der Waals surface area contributed by atoms with E-state index in [-0.39, 0.29) is 28.6 Å². The first kappa shape index (κ1) is 44.1. The summed E-state index contributed by atoms with van der Waals surface area (Å²) >= 11 is 0. The van der Waals surface area contributed by atoms with Gasteiger partial charge in [0.25, 0.3) is 0 Å². The number of benzene rings is 7. The van der Waals surface area contributed by atoms with Crippen LogP contribution < -0.4 is 20.1 Å². The number of rotatable bonds is 18. The van der Waals surface area contributed by atoms with Crippen molar-refractivity contribution in [3.8, 4) is 5.75 Å². The van der Waals surface area contributed by atoms with Gasteiger partial charge in [0.1, 0.15) is 5.75 Å². The standard InChI is InChI=1S/C51H52N4O5S2/c1-36-24-28-45(29-25-36)61(57,58)54-49(41-20-12-6-13-21-41)47(39-16-8-4-9-17-39)52-34-43-32-38(3)33-44(51(43)56)35-53-48(40-18-10-5-11-19-40)50(42-22-14-7-15-23-42)55-62(59,60)46-30-26-37(2)27-31-46/h4-33,47-50,52-56H,34-35H2,1-3H3/t47-,48-,49-,50-/m1/s1. The smallest absolute Gasteiger partial charge is 0.241 e. The number of aryl methyl sites for hydroxylation is 3. The number of sulfonamides is 2. The maximum atomic E-state index is 14.0. The second kappa shape index (κ2) is 19.9. The van der Waals surface area contributed by atoms with Crippen LogP contribution in [0.15, 0.2) is 192 Å². The fraction of sp³-hybridized carbons (Fsp3) is 0.176. The molecule has 0 aromatic heterocycles. The summed E-state index contributed by atoms with van der Waals surface area (Å²) in [6.07, 6.45) is 0. The van der Waals surface area contributed by atoms with Gasteiger partial charge in [0.05, 0.1) is 34.0 Å². The largest absolute Gasteiger partial charge is 0.507 e. The molecule has 62 heavy (non-hydrogen) atoms. The van der Waals surface area contributed by atoms with E-state index in [0.29, 0.717) is 11.1 Å². The summed E-state index contributed by atoms with van der Waals surface area (Å²) in [5, 5.41) is 19.2. The third-order valence-electron chi connectivity index (χ3n) is 11.0. The Balaban J connectivity index is 1.20. The molecule has 0 aliphatic heterocycles. The Morgan fingerprint density at radius 3 is 1.00 bits per heavy atom. The first-order valence-corrected chi connectivity index (χ1v) is 23.5. The number of hydrogen-bond donors (Lipinski definition) is 5. The molecule has 318 valence electrons. The van der Waals surface area contributed by atoms with E-state index in [9.17, 15) is 21.9 Å². The van der Waals surface area contributed by atoms with Gasteiger partial charge in [0.15, 0.2) is 0 Å². The molecule has 0 saturated carbocycles. The summed E-state index contributed by atoms with van der Waals surface area (Å²) in [5.41, 5.74) is 7.28. The summed E-state index contributed by atoms with van der Waals surface area (Å²) in [7, 11) is -7.93. The lowest BCUT2D eigenvalue weighted by molar-refractivity contribution is 0.401. The molecule has 0 unspecified atom stereocenters. The normalized spacial score (nSPS) is 13.9. The lowest BCUT2D eigenvalue weighted by Crippen LogP contribution is -2.38. The Morgan fingerprint density at radius 1 is 0.403 bits per heavy atom. The molecule has 11 heteroatoms. The molecule has 0 radical (unpaired) electrons. The van der Waals surface area contributed by atoms with Crippen molar-refractivity contribution >= 4 is 20.0 Å². The molecule has 7 aromatic rings. The van der Waals surface area contributed by atoms with Gasteiger partial charge in [-0.2, -0.15) is 0 Å². The van der Waals surface area contributed by atoms with Gasteiger partial charge in [0.2, 0.25) is 20.0 Å². The van der Waals surface area contributed by atoms with E-state index >= 15 is 0 Å². The highest BCUT2D eigenvalue weighted by molar-refractivity contribution is 7.89. The van der Waals surface area contributed by atoms with Crippen molar-refractivity contribution in [1.29, 1.82) is 0 Å². The lowest BCUT2D eigenvalue weighted by atomic mass is 9.93. The highest BCUT2D eigenvalue weighted by atomic mass is 32.2. The molecule has 0 amide bonds. The topological polar surface area (TPSA) is 137 Å². The molecule has 5 N–H and O–H groups in total. The van der Waals surface area contributed by atoms with Gasteiger partial charge in [-0.3, -0.25) is 0 Å².